The van der Waals surface area contributed by atoms with Crippen molar-refractivity contribution in [2.45, 2.75) is 32.7 Å². The van der Waals surface area contributed by atoms with E-state index >= 15 is 0 Å². The maximum atomic E-state index is 12.3. The smallest absolute Gasteiger partial charge is 0.409 e. The Morgan fingerprint density at radius 1 is 1.26 bits per heavy atom. The number of likely N-dealkylation sites (tertiary alicyclic amines) is 2. The number of aromatic amines is 1. The first-order valence-corrected chi connectivity index (χ1v) is 9.82. The van der Waals surface area contributed by atoms with Gasteiger partial charge < -0.3 is 14.6 Å². The van der Waals surface area contributed by atoms with Crippen LogP contribution in [0.5, 0.6) is 0 Å². The maximum Gasteiger partial charge on any atom is 0.409 e. The zero-order valence-electron chi connectivity index (χ0n) is 16.1. The van der Waals surface area contributed by atoms with Crippen molar-refractivity contribution in [3.63, 3.8) is 0 Å². The van der Waals surface area contributed by atoms with Crippen molar-refractivity contribution in [3.05, 3.63) is 34.7 Å². The number of nitrogens with one attached hydrogen (secondary N) is 1. The number of H-pyrrole nitrogens is 1. The van der Waals surface area contributed by atoms with Crippen LogP contribution < -0.4 is 5.69 Å². The number of nitrogens with zero attached hydrogens (tertiary/aromatic N) is 3. The fourth-order valence-electron chi connectivity index (χ4n) is 4.41. The molecule has 2 fully saturated rings. The van der Waals surface area contributed by atoms with Crippen LogP contribution in [-0.4, -0.2) is 64.8 Å². The lowest BCUT2D eigenvalue weighted by atomic mass is 9.79. The summed E-state index contributed by atoms with van der Waals surface area (Å²) < 4.78 is 7.01. The van der Waals surface area contributed by atoms with E-state index < -0.39 is 0 Å². The number of benzene rings is 1. The second-order valence-electron chi connectivity index (χ2n) is 8.16. The van der Waals surface area contributed by atoms with Gasteiger partial charge in [-0.25, -0.2) is 9.59 Å². The van der Waals surface area contributed by atoms with Gasteiger partial charge in [-0.15, -0.1) is 0 Å². The van der Waals surface area contributed by atoms with Crippen LogP contribution >= 0.6 is 0 Å². The lowest BCUT2D eigenvalue weighted by molar-refractivity contribution is 0.0214. The molecule has 7 nitrogen and oxygen atoms in total. The molecule has 4 rings (SSSR count). The predicted octanol–water partition coefficient (Wildman–Crippen LogP) is 2.44. The average Bonchev–Trinajstić information content (AvgIpc) is 2.94. The molecule has 0 spiro atoms. The van der Waals surface area contributed by atoms with E-state index in [2.05, 4.69) is 16.8 Å². The summed E-state index contributed by atoms with van der Waals surface area (Å²) in [5.41, 5.74) is 2.08. The fraction of sp³-hybridized carbons (Fsp3) is 0.600. The quantitative estimate of drug-likeness (QED) is 0.895. The van der Waals surface area contributed by atoms with E-state index in [1.54, 1.807) is 0 Å². The minimum Gasteiger partial charge on any atom is -0.450 e. The van der Waals surface area contributed by atoms with Crippen molar-refractivity contribution in [1.29, 1.82) is 0 Å². The van der Waals surface area contributed by atoms with E-state index in [0.29, 0.717) is 6.61 Å². The van der Waals surface area contributed by atoms with Gasteiger partial charge in [0, 0.05) is 32.7 Å². The number of para-hydroxylation sites is 2. The summed E-state index contributed by atoms with van der Waals surface area (Å²) >= 11 is 0. The van der Waals surface area contributed by atoms with E-state index in [1.165, 1.54) is 0 Å². The average molecular weight is 372 g/mol. The highest BCUT2D eigenvalue weighted by Gasteiger charge is 2.38. The van der Waals surface area contributed by atoms with Crippen LogP contribution in [0.4, 0.5) is 4.79 Å². The Balaban J connectivity index is 1.33. The number of carbonyl (C=O) groups excluding carboxylic acids is 1. The summed E-state index contributed by atoms with van der Waals surface area (Å²) in [6.07, 6.45) is 1.78. The lowest BCUT2D eigenvalue weighted by Gasteiger charge is -2.47. The SMILES string of the molecule is CCOC(=O)N1CCC(C)(CN2CC(n3c(=O)[nH]c4ccccc43)C2)CC1. The van der Waals surface area contributed by atoms with Crippen LogP contribution in [0, 0.1) is 5.41 Å². The molecular weight excluding hydrogens is 344 g/mol. The minimum absolute atomic E-state index is 0.0187. The van der Waals surface area contributed by atoms with Gasteiger partial charge in [-0.2, -0.15) is 0 Å². The maximum absolute atomic E-state index is 12.3. The summed E-state index contributed by atoms with van der Waals surface area (Å²) in [4.78, 5) is 31.4. The van der Waals surface area contributed by atoms with Crippen LogP contribution in [0.15, 0.2) is 29.1 Å². The Labute approximate surface area is 158 Å². The zero-order valence-corrected chi connectivity index (χ0v) is 16.1. The molecule has 2 saturated heterocycles. The first kappa shape index (κ1) is 18.1. The van der Waals surface area contributed by atoms with Gasteiger partial charge in [-0.3, -0.25) is 9.47 Å². The van der Waals surface area contributed by atoms with Gasteiger partial charge in [0.25, 0.3) is 0 Å². The zero-order chi connectivity index (χ0) is 19.0. The number of hydrogen-bond acceptors (Lipinski definition) is 4. The van der Waals surface area contributed by atoms with Crippen molar-refractivity contribution in [2.75, 3.05) is 39.3 Å². The molecule has 0 radical (unpaired) electrons. The Hall–Kier alpha value is -2.28. The minimum atomic E-state index is -0.192. The van der Waals surface area contributed by atoms with Crippen LogP contribution in [0.3, 0.4) is 0 Å². The molecular formula is C20H28N4O3. The number of fused-ring (bicyclic) bond motifs is 1. The Morgan fingerprint density at radius 3 is 2.67 bits per heavy atom. The van der Waals surface area contributed by atoms with E-state index in [4.69, 9.17) is 4.74 Å². The number of carbonyl (C=O) groups is 1. The molecule has 1 aromatic heterocycles. The second-order valence-corrected chi connectivity index (χ2v) is 8.16. The molecule has 27 heavy (non-hydrogen) atoms. The molecule has 1 amide bonds. The van der Waals surface area contributed by atoms with Gasteiger partial charge >= 0.3 is 11.8 Å². The molecule has 1 aromatic carbocycles. The van der Waals surface area contributed by atoms with Crippen LogP contribution in [0.25, 0.3) is 11.0 Å². The number of aromatic nitrogens is 2. The van der Waals surface area contributed by atoms with Crippen molar-refractivity contribution < 1.29 is 9.53 Å². The lowest BCUT2D eigenvalue weighted by Crippen LogP contribution is -2.55. The van der Waals surface area contributed by atoms with Crippen LogP contribution in [0.2, 0.25) is 0 Å². The number of piperidine rings is 1. The first-order valence-electron chi connectivity index (χ1n) is 9.82. The van der Waals surface area contributed by atoms with Crippen LogP contribution in [0.1, 0.15) is 32.7 Å². The van der Waals surface area contributed by atoms with Crippen LogP contribution in [-0.2, 0) is 4.74 Å². The second kappa shape index (κ2) is 7.03. The third kappa shape index (κ3) is 3.48. The van der Waals surface area contributed by atoms with Gasteiger partial charge in [0.05, 0.1) is 23.7 Å². The Bertz CT molecular complexity index is 873. The van der Waals surface area contributed by atoms with E-state index in [-0.39, 0.29) is 23.2 Å². The topological polar surface area (TPSA) is 70.6 Å². The standard InChI is InChI=1S/C20H28N4O3/c1-3-27-19(26)23-10-8-20(2,9-11-23)14-22-12-15(13-22)24-17-7-5-4-6-16(17)21-18(24)25/h4-7,15H,3,8-14H2,1-2H3,(H,21,25). The number of rotatable bonds is 4. The van der Waals surface area contributed by atoms with Gasteiger partial charge in [-0.05, 0) is 37.3 Å². The molecule has 0 saturated carbocycles. The number of imidazole rings is 1. The Morgan fingerprint density at radius 2 is 1.96 bits per heavy atom. The molecule has 0 aliphatic carbocycles. The third-order valence-electron chi connectivity index (χ3n) is 6.03. The van der Waals surface area contributed by atoms with Gasteiger partial charge in [-0.1, -0.05) is 19.1 Å². The summed E-state index contributed by atoms with van der Waals surface area (Å²) in [6.45, 7) is 8.90. The molecule has 146 valence electrons. The van der Waals surface area contributed by atoms with Crippen molar-refractivity contribution in [1.82, 2.24) is 19.4 Å². The van der Waals surface area contributed by atoms with Crippen molar-refractivity contribution in [3.8, 4) is 0 Å². The first-order chi connectivity index (χ1) is 13.0. The van der Waals surface area contributed by atoms with E-state index in [1.807, 2.05) is 40.7 Å². The van der Waals surface area contributed by atoms with Crippen molar-refractivity contribution in [2.24, 2.45) is 5.41 Å². The predicted molar refractivity (Wildman–Crippen MR) is 104 cm³/mol. The normalized spacial score (nSPS) is 20.6. The number of amides is 1. The molecule has 2 aromatic rings. The van der Waals surface area contributed by atoms with E-state index in [0.717, 1.165) is 56.6 Å². The third-order valence-corrected chi connectivity index (χ3v) is 6.03. The van der Waals surface area contributed by atoms with Gasteiger partial charge in [0.2, 0.25) is 0 Å². The summed E-state index contributed by atoms with van der Waals surface area (Å²) in [5.74, 6) is 0. The summed E-state index contributed by atoms with van der Waals surface area (Å²) in [6, 6.07) is 8.10. The molecule has 3 heterocycles. The Kier molecular flexibility index (Phi) is 4.72. The largest absolute Gasteiger partial charge is 0.450 e. The number of ether oxygens (including phenoxy) is 1. The van der Waals surface area contributed by atoms with Gasteiger partial charge in [0.1, 0.15) is 0 Å². The number of hydrogen-bond donors (Lipinski definition) is 1. The molecule has 7 heteroatoms. The fourth-order valence-corrected chi connectivity index (χ4v) is 4.41. The highest BCUT2D eigenvalue weighted by atomic mass is 16.6. The van der Waals surface area contributed by atoms with Crippen molar-refractivity contribution >= 4 is 17.1 Å². The molecule has 1 N–H and O–H groups in total. The molecule has 0 unspecified atom stereocenters. The van der Waals surface area contributed by atoms with E-state index in [9.17, 15) is 9.59 Å². The monoisotopic (exact) mass is 372 g/mol. The highest BCUT2D eigenvalue weighted by Crippen LogP contribution is 2.35. The highest BCUT2D eigenvalue weighted by molar-refractivity contribution is 5.75. The molecule has 0 bridgehead atoms. The summed E-state index contributed by atoms with van der Waals surface area (Å²) in [7, 11) is 0. The molecule has 2 aliphatic rings. The van der Waals surface area contributed by atoms with Gasteiger partial charge in [0.15, 0.2) is 0 Å². The molecule has 2 aliphatic heterocycles. The molecule has 0 atom stereocenters. The summed E-state index contributed by atoms with van der Waals surface area (Å²) in [5, 5.41) is 0.